The minimum atomic E-state index is -0.892. The molecule has 2 N–H and O–H groups in total. The molecule has 0 heterocycles. The van der Waals surface area contributed by atoms with E-state index in [0.717, 1.165) is 11.3 Å². The zero-order valence-corrected chi connectivity index (χ0v) is 9.92. The Kier molecular flexibility index (Phi) is 4.78. The van der Waals surface area contributed by atoms with Crippen LogP contribution in [0.15, 0.2) is 24.3 Å². The lowest BCUT2D eigenvalue weighted by Gasteiger charge is -2.06. The maximum Gasteiger partial charge on any atom is 0.119 e. The van der Waals surface area contributed by atoms with E-state index in [9.17, 15) is 4.21 Å². The molecule has 2 unspecified atom stereocenters. The van der Waals surface area contributed by atoms with Gasteiger partial charge in [-0.25, -0.2) is 0 Å². The molecule has 3 nitrogen and oxygen atoms in total. The molecule has 0 aliphatic carbocycles. The predicted octanol–water partition coefficient (Wildman–Crippen LogP) is 1.29. The summed E-state index contributed by atoms with van der Waals surface area (Å²) < 4.78 is 16.7. The molecule has 0 radical (unpaired) electrons. The van der Waals surface area contributed by atoms with E-state index in [1.54, 1.807) is 7.11 Å². The molecule has 4 heteroatoms. The van der Waals surface area contributed by atoms with Gasteiger partial charge in [0.2, 0.25) is 0 Å². The molecule has 0 saturated carbocycles. The second-order valence-electron chi connectivity index (χ2n) is 3.58. The van der Waals surface area contributed by atoms with Gasteiger partial charge in [-0.2, -0.15) is 0 Å². The van der Waals surface area contributed by atoms with Crippen molar-refractivity contribution in [2.24, 2.45) is 5.73 Å². The van der Waals surface area contributed by atoms with E-state index in [0.29, 0.717) is 11.5 Å². The number of ether oxygens (including phenoxy) is 1. The van der Waals surface area contributed by atoms with Crippen LogP contribution in [-0.4, -0.2) is 23.1 Å². The summed E-state index contributed by atoms with van der Waals surface area (Å²) in [5, 5.41) is 0. The van der Waals surface area contributed by atoms with Crippen molar-refractivity contribution in [3.63, 3.8) is 0 Å². The number of benzene rings is 1. The molecule has 1 rings (SSSR count). The fraction of sp³-hybridized carbons (Fsp3) is 0.455. The van der Waals surface area contributed by atoms with E-state index < -0.39 is 10.8 Å². The van der Waals surface area contributed by atoms with Crippen molar-refractivity contribution >= 4 is 10.8 Å². The van der Waals surface area contributed by atoms with Crippen molar-refractivity contribution in [2.45, 2.75) is 18.7 Å². The first kappa shape index (κ1) is 12.2. The normalized spacial score (nSPS) is 14.6. The van der Waals surface area contributed by atoms with E-state index in [1.807, 2.05) is 31.2 Å². The highest BCUT2D eigenvalue weighted by atomic mass is 32.2. The van der Waals surface area contributed by atoms with Crippen LogP contribution in [0.1, 0.15) is 12.5 Å². The summed E-state index contributed by atoms with van der Waals surface area (Å²) in [5.41, 5.74) is 6.61. The Morgan fingerprint density at radius 3 is 2.87 bits per heavy atom. The second kappa shape index (κ2) is 5.88. The lowest BCUT2D eigenvalue weighted by Crippen LogP contribution is -2.23. The Balaban J connectivity index is 2.60. The van der Waals surface area contributed by atoms with Gasteiger partial charge >= 0.3 is 0 Å². The predicted molar refractivity (Wildman–Crippen MR) is 63.4 cm³/mol. The van der Waals surface area contributed by atoms with Crippen LogP contribution in [0.25, 0.3) is 0 Å². The summed E-state index contributed by atoms with van der Waals surface area (Å²) in [6.07, 6.45) is 0. The monoisotopic (exact) mass is 227 g/mol. The zero-order chi connectivity index (χ0) is 11.3. The van der Waals surface area contributed by atoms with Crippen molar-refractivity contribution in [2.75, 3.05) is 12.9 Å². The molecule has 0 aliphatic heterocycles. The standard InChI is InChI=1S/C11H17NO2S/c1-9(12)7-15(13)8-10-4-3-5-11(6-10)14-2/h3-6,9H,7-8,12H2,1-2H3. The van der Waals surface area contributed by atoms with E-state index in [4.69, 9.17) is 10.5 Å². The molecule has 0 aromatic heterocycles. The molecule has 1 aromatic carbocycles. The molecule has 0 fully saturated rings. The van der Waals surface area contributed by atoms with Gasteiger partial charge in [-0.1, -0.05) is 12.1 Å². The van der Waals surface area contributed by atoms with Crippen LogP contribution in [0, 0.1) is 0 Å². The molecule has 0 bridgehead atoms. The molecule has 1 aromatic rings. The van der Waals surface area contributed by atoms with Gasteiger partial charge < -0.3 is 10.5 Å². The largest absolute Gasteiger partial charge is 0.497 e. The average Bonchev–Trinajstić information content (AvgIpc) is 2.16. The van der Waals surface area contributed by atoms with Crippen LogP contribution in [0.2, 0.25) is 0 Å². The highest BCUT2D eigenvalue weighted by molar-refractivity contribution is 7.84. The third kappa shape index (κ3) is 4.44. The Morgan fingerprint density at radius 1 is 1.53 bits per heavy atom. The van der Waals surface area contributed by atoms with E-state index >= 15 is 0 Å². The van der Waals surface area contributed by atoms with Gasteiger partial charge in [-0.15, -0.1) is 0 Å². The number of rotatable bonds is 5. The van der Waals surface area contributed by atoms with Crippen molar-refractivity contribution in [3.05, 3.63) is 29.8 Å². The maximum atomic E-state index is 11.6. The van der Waals surface area contributed by atoms with Crippen LogP contribution >= 0.6 is 0 Å². The average molecular weight is 227 g/mol. The molecule has 84 valence electrons. The van der Waals surface area contributed by atoms with Gasteiger partial charge in [-0.05, 0) is 24.6 Å². The lowest BCUT2D eigenvalue weighted by atomic mass is 10.2. The van der Waals surface area contributed by atoms with Crippen LogP contribution in [0.3, 0.4) is 0 Å². The van der Waals surface area contributed by atoms with Crippen LogP contribution in [0.5, 0.6) is 5.75 Å². The van der Waals surface area contributed by atoms with Crippen LogP contribution in [0.4, 0.5) is 0 Å². The molecule has 15 heavy (non-hydrogen) atoms. The third-order valence-corrected chi connectivity index (χ3v) is 3.46. The maximum absolute atomic E-state index is 11.6. The fourth-order valence-corrected chi connectivity index (χ4v) is 2.56. The Bertz CT molecular complexity index is 339. The second-order valence-corrected chi connectivity index (χ2v) is 5.08. The summed E-state index contributed by atoms with van der Waals surface area (Å²) in [6, 6.07) is 7.60. The Hall–Kier alpha value is -0.870. The molecule has 0 amide bonds. The summed E-state index contributed by atoms with van der Waals surface area (Å²) in [6.45, 7) is 1.86. The van der Waals surface area contributed by atoms with Gasteiger partial charge in [0.25, 0.3) is 0 Å². The summed E-state index contributed by atoms with van der Waals surface area (Å²) in [5.74, 6) is 1.88. The number of hydrogen-bond acceptors (Lipinski definition) is 3. The molecule has 0 spiro atoms. The lowest BCUT2D eigenvalue weighted by molar-refractivity contribution is 0.414. The number of hydrogen-bond donors (Lipinski definition) is 1. The molecule has 0 aliphatic rings. The minimum Gasteiger partial charge on any atom is -0.497 e. The topological polar surface area (TPSA) is 52.3 Å². The Morgan fingerprint density at radius 2 is 2.27 bits per heavy atom. The number of nitrogens with two attached hydrogens (primary N) is 1. The third-order valence-electron chi connectivity index (χ3n) is 1.91. The van der Waals surface area contributed by atoms with E-state index in [2.05, 4.69) is 0 Å². The van der Waals surface area contributed by atoms with Crippen molar-refractivity contribution in [1.82, 2.24) is 0 Å². The van der Waals surface area contributed by atoms with Crippen LogP contribution in [-0.2, 0) is 16.6 Å². The highest BCUT2D eigenvalue weighted by Gasteiger charge is 2.05. The zero-order valence-electron chi connectivity index (χ0n) is 9.10. The Labute approximate surface area is 93.1 Å². The molecule has 0 saturated heterocycles. The van der Waals surface area contributed by atoms with Crippen LogP contribution < -0.4 is 10.5 Å². The molecular weight excluding hydrogens is 210 g/mol. The van der Waals surface area contributed by atoms with Crippen molar-refractivity contribution in [1.29, 1.82) is 0 Å². The summed E-state index contributed by atoms with van der Waals surface area (Å²) in [7, 11) is 0.731. The van der Waals surface area contributed by atoms with Crippen molar-refractivity contribution < 1.29 is 8.95 Å². The highest BCUT2D eigenvalue weighted by Crippen LogP contribution is 2.14. The van der Waals surface area contributed by atoms with Gasteiger partial charge in [0, 0.05) is 28.3 Å². The first-order valence-corrected chi connectivity index (χ1v) is 6.34. The van der Waals surface area contributed by atoms with E-state index in [1.165, 1.54) is 0 Å². The summed E-state index contributed by atoms with van der Waals surface area (Å²) >= 11 is 0. The molecule has 2 atom stereocenters. The van der Waals surface area contributed by atoms with Crippen molar-refractivity contribution in [3.8, 4) is 5.75 Å². The fourth-order valence-electron chi connectivity index (χ4n) is 1.30. The first-order chi connectivity index (χ1) is 7.11. The quantitative estimate of drug-likeness (QED) is 0.824. The van der Waals surface area contributed by atoms with Gasteiger partial charge in [0.15, 0.2) is 0 Å². The van der Waals surface area contributed by atoms with Gasteiger partial charge in [-0.3, -0.25) is 4.21 Å². The first-order valence-electron chi connectivity index (χ1n) is 4.85. The van der Waals surface area contributed by atoms with Gasteiger partial charge in [0.05, 0.1) is 7.11 Å². The number of methoxy groups -OCH3 is 1. The molecular formula is C11H17NO2S. The summed E-state index contributed by atoms with van der Waals surface area (Å²) in [4.78, 5) is 0. The minimum absolute atomic E-state index is 0.0172. The SMILES string of the molecule is COc1cccc(CS(=O)CC(C)N)c1. The smallest absolute Gasteiger partial charge is 0.119 e. The van der Waals surface area contributed by atoms with E-state index in [-0.39, 0.29) is 6.04 Å². The van der Waals surface area contributed by atoms with Gasteiger partial charge in [0.1, 0.15) is 5.75 Å².